The maximum atomic E-state index is 13.0. The fourth-order valence-corrected chi connectivity index (χ4v) is 3.56. The predicted molar refractivity (Wildman–Crippen MR) is 127 cm³/mol. The average molecular weight is 473 g/mol. The van der Waals surface area contributed by atoms with Crippen LogP contribution in [0.1, 0.15) is 11.3 Å². The molecule has 2 aromatic carbocycles. The first kappa shape index (κ1) is 22.0. The second-order valence-corrected chi connectivity index (χ2v) is 7.90. The Hall–Kier alpha value is -4.80. The van der Waals surface area contributed by atoms with Gasteiger partial charge in [-0.15, -0.1) is 0 Å². The van der Waals surface area contributed by atoms with Gasteiger partial charge in [0, 0.05) is 6.07 Å². The molecule has 176 valence electrons. The van der Waals surface area contributed by atoms with Gasteiger partial charge in [-0.1, -0.05) is 12.1 Å². The molecule has 5 aromatic rings. The van der Waals surface area contributed by atoms with Crippen molar-refractivity contribution in [2.45, 2.75) is 13.8 Å². The van der Waals surface area contributed by atoms with Crippen molar-refractivity contribution in [3.8, 4) is 17.4 Å². The van der Waals surface area contributed by atoms with E-state index in [-0.39, 0.29) is 12.6 Å². The Bertz CT molecular complexity index is 1600. The van der Waals surface area contributed by atoms with Crippen LogP contribution in [0.2, 0.25) is 0 Å². The predicted octanol–water partition coefficient (Wildman–Crippen LogP) is 3.07. The van der Waals surface area contributed by atoms with Crippen molar-refractivity contribution in [1.82, 2.24) is 29.5 Å². The second-order valence-electron chi connectivity index (χ2n) is 7.90. The maximum absolute atomic E-state index is 13.0. The number of rotatable bonds is 6. The van der Waals surface area contributed by atoms with E-state index >= 15 is 0 Å². The van der Waals surface area contributed by atoms with E-state index in [1.165, 1.54) is 35.1 Å². The normalized spacial score (nSPS) is 11.1. The average Bonchev–Trinajstić information content (AvgIpc) is 3.42. The number of fused-ring (bicyclic) bond motifs is 1. The minimum absolute atomic E-state index is 0.111. The molecule has 0 aliphatic carbocycles. The second kappa shape index (κ2) is 8.86. The molecule has 10 nitrogen and oxygen atoms in total. The summed E-state index contributed by atoms with van der Waals surface area (Å²) < 4.78 is 21.3. The molecule has 0 aliphatic heterocycles. The number of H-pyrrole nitrogens is 1. The minimum Gasteiger partial charge on any atom is -0.484 e. The lowest BCUT2D eigenvalue weighted by molar-refractivity contribution is -0.118. The highest BCUT2D eigenvalue weighted by Crippen LogP contribution is 2.19. The van der Waals surface area contributed by atoms with Gasteiger partial charge in [0.1, 0.15) is 22.8 Å². The summed E-state index contributed by atoms with van der Waals surface area (Å²) in [4.78, 5) is 32.6. The van der Waals surface area contributed by atoms with Gasteiger partial charge in [0.25, 0.3) is 11.5 Å². The molecule has 11 heteroatoms. The summed E-state index contributed by atoms with van der Waals surface area (Å²) in [5, 5.41) is 11.7. The van der Waals surface area contributed by atoms with E-state index in [1.807, 2.05) is 31.2 Å². The fraction of sp³-hybridized carbons (Fsp3) is 0.125. The van der Waals surface area contributed by atoms with Gasteiger partial charge in [0.05, 0.1) is 17.6 Å². The van der Waals surface area contributed by atoms with Crippen LogP contribution in [0, 0.1) is 19.7 Å². The first-order valence-electron chi connectivity index (χ1n) is 10.7. The van der Waals surface area contributed by atoms with Gasteiger partial charge in [-0.2, -0.15) is 19.9 Å². The smallest absolute Gasteiger partial charge is 0.263 e. The molecule has 0 spiro atoms. The van der Waals surface area contributed by atoms with Gasteiger partial charge in [0.15, 0.2) is 12.3 Å². The first-order valence-corrected chi connectivity index (χ1v) is 10.7. The lowest BCUT2D eigenvalue weighted by Gasteiger charge is -2.10. The van der Waals surface area contributed by atoms with E-state index in [0.29, 0.717) is 28.3 Å². The van der Waals surface area contributed by atoms with Gasteiger partial charge in [-0.3, -0.25) is 14.6 Å². The number of hydrogen-bond donors (Lipinski definition) is 2. The third-order valence-electron chi connectivity index (χ3n) is 5.16. The monoisotopic (exact) mass is 473 g/mol. The quantitative estimate of drug-likeness (QED) is 0.391. The molecule has 0 radical (unpaired) electrons. The standard InChI is InChI=1S/C24H20FN7O3/c1-14-4-3-5-17(10-14)31-22-19(12-26-31)23(34)29-24(28-22)32-20(11-15(2)30-32)27-21(33)13-35-18-8-6-16(25)7-9-18/h3-12H,13H2,1-2H3,(H,27,33)(H,28,29,34). The molecular formula is C24H20FN7O3. The molecule has 0 saturated carbocycles. The van der Waals surface area contributed by atoms with E-state index in [1.54, 1.807) is 17.7 Å². The number of carbonyl (C=O) groups is 1. The summed E-state index contributed by atoms with van der Waals surface area (Å²) in [5.74, 6) is -0.113. The zero-order valence-corrected chi connectivity index (χ0v) is 18.8. The third kappa shape index (κ3) is 4.51. The van der Waals surface area contributed by atoms with Crippen LogP contribution in [0.5, 0.6) is 5.75 Å². The van der Waals surface area contributed by atoms with Gasteiger partial charge < -0.3 is 10.1 Å². The van der Waals surface area contributed by atoms with Crippen molar-refractivity contribution in [2.75, 3.05) is 11.9 Å². The molecule has 35 heavy (non-hydrogen) atoms. The van der Waals surface area contributed by atoms with Crippen LogP contribution >= 0.6 is 0 Å². The topological polar surface area (TPSA) is 120 Å². The number of aryl methyl sites for hydroxylation is 2. The number of hydrogen-bond acceptors (Lipinski definition) is 6. The van der Waals surface area contributed by atoms with Crippen molar-refractivity contribution in [3.05, 3.63) is 88.2 Å². The van der Waals surface area contributed by atoms with Crippen molar-refractivity contribution >= 4 is 22.8 Å². The van der Waals surface area contributed by atoms with Gasteiger partial charge in [0.2, 0.25) is 5.95 Å². The Labute approximate surface area is 198 Å². The number of halogens is 1. The summed E-state index contributed by atoms with van der Waals surface area (Å²) in [6.45, 7) is 3.40. The number of ether oxygens (including phenoxy) is 1. The maximum Gasteiger partial charge on any atom is 0.263 e. The summed E-state index contributed by atoms with van der Waals surface area (Å²) in [6, 6.07) is 14.6. The van der Waals surface area contributed by atoms with Crippen LogP contribution < -0.4 is 15.6 Å². The number of nitrogens with zero attached hydrogens (tertiary/aromatic N) is 5. The molecule has 1 amide bonds. The SMILES string of the molecule is Cc1cccc(-n2ncc3c(=O)[nH]c(-n4nc(C)cc4NC(=O)COc4ccc(F)cc4)nc32)c1. The van der Waals surface area contributed by atoms with Crippen molar-refractivity contribution in [3.63, 3.8) is 0 Å². The van der Waals surface area contributed by atoms with Crippen LogP contribution in [0.25, 0.3) is 22.7 Å². The minimum atomic E-state index is -0.469. The van der Waals surface area contributed by atoms with Crippen LogP contribution in [0.15, 0.2) is 65.6 Å². The Morgan fingerprint density at radius 1 is 1.11 bits per heavy atom. The molecule has 0 atom stereocenters. The fourth-order valence-electron chi connectivity index (χ4n) is 3.56. The number of carbonyl (C=O) groups excluding carboxylic acids is 1. The Kier molecular flexibility index (Phi) is 5.57. The highest BCUT2D eigenvalue weighted by atomic mass is 19.1. The molecular weight excluding hydrogens is 453 g/mol. The third-order valence-corrected chi connectivity index (χ3v) is 5.16. The Balaban J connectivity index is 1.45. The molecule has 3 heterocycles. The highest BCUT2D eigenvalue weighted by molar-refractivity contribution is 5.91. The molecule has 2 N–H and O–H groups in total. The van der Waals surface area contributed by atoms with Crippen LogP contribution in [0.3, 0.4) is 0 Å². The molecule has 5 rings (SSSR count). The van der Waals surface area contributed by atoms with Gasteiger partial charge in [-0.05, 0) is 55.8 Å². The van der Waals surface area contributed by atoms with Crippen molar-refractivity contribution < 1.29 is 13.9 Å². The van der Waals surface area contributed by atoms with Crippen LogP contribution in [-0.4, -0.2) is 42.0 Å². The summed E-state index contributed by atoms with van der Waals surface area (Å²) in [7, 11) is 0. The number of aromatic amines is 1. The largest absolute Gasteiger partial charge is 0.484 e. The summed E-state index contributed by atoms with van der Waals surface area (Å²) in [5.41, 5.74) is 2.34. The molecule has 0 fully saturated rings. The number of anilines is 1. The zero-order chi connectivity index (χ0) is 24.5. The van der Waals surface area contributed by atoms with E-state index in [4.69, 9.17) is 4.74 Å². The summed E-state index contributed by atoms with van der Waals surface area (Å²) >= 11 is 0. The molecule has 0 bridgehead atoms. The Morgan fingerprint density at radius 3 is 2.69 bits per heavy atom. The van der Waals surface area contributed by atoms with Crippen LogP contribution in [0.4, 0.5) is 10.2 Å². The number of aromatic nitrogens is 6. The Morgan fingerprint density at radius 2 is 1.91 bits per heavy atom. The number of amides is 1. The number of benzene rings is 2. The van der Waals surface area contributed by atoms with Gasteiger partial charge in [-0.25, -0.2) is 9.07 Å². The van der Waals surface area contributed by atoms with E-state index in [9.17, 15) is 14.0 Å². The molecule has 0 saturated heterocycles. The molecule has 0 aliphatic rings. The van der Waals surface area contributed by atoms with Gasteiger partial charge >= 0.3 is 0 Å². The molecule has 3 aromatic heterocycles. The lowest BCUT2D eigenvalue weighted by atomic mass is 10.2. The van der Waals surface area contributed by atoms with E-state index in [0.717, 1.165) is 11.3 Å². The number of nitrogens with one attached hydrogen (secondary N) is 2. The highest BCUT2D eigenvalue weighted by Gasteiger charge is 2.17. The first-order chi connectivity index (χ1) is 16.9. The lowest BCUT2D eigenvalue weighted by Crippen LogP contribution is -2.23. The zero-order valence-electron chi connectivity index (χ0n) is 18.8. The van der Waals surface area contributed by atoms with Crippen LogP contribution in [-0.2, 0) is 4.79 Å². The van der Waals surface area contributed by atoms with Crippen molar-refractivity contribution in [1.29, 1.82) is 0 Å². The summed E-state index contributed by atoms with van der Waals surface area (Å²) in [6.07, 6.45) is 1.46. The van der Waals surface area contributed by atoms with E-state index in [2.05, 4.69) is 25.5 Å². The van der Waals surface area contributed by atoms with E-state index < -0.39 is 17.3 Å². The van der Waals surface area contributed by atoms with Crippen molar-refractivity contribution in [2.24, 2.45) is 0 Å². The molecule has 0 unspecified atom stereocenters.